The molecular weight excluding hydrogens is 226 g/mol. The van der Waals surface area contributed by atoms with Gasteiger partial charge < -0.3 is 14.4 Å². The summed E-state index contributed by atoms with van der Waals surface area (Å²) >= 11 is 0. The molecule has 1 rings (SSSR count). The predicted octanol–water partition coefficient (Wildman–Crippen LogP) is 0.347. The molecular formula is C10H17N3O4. The minimum atomic E-state index is -1.07. The van der Waals surface area contributed by atoms with Crippen LogP contribution in [-0.4, -0.2) is 40.5 Å². The first-order valence-electron chi connectivity index (χ1n) is 5.24. The second-order valence-electron chi connectivity index (χ2n) is 3.97. The Morgan fingerprint density at radius 1 is 1.65 bits per heavy atom. The van der Waals surface area contributed by atoms with Crippen molar-refractivity contribution in [2.75, 3.05) is 13.7 Å². The number of ether oxygens (including phenoxy) is 1. The van der Waals surface area contributed by atoms with Crippen molar-refractivity contribution in [3.8, 4) is 0 Å². The number of methoxy groups -OCH3 is 1. The van der Waals surface area contributed by atoms with Crippen LogP contribution in [0.4, 0.5) is 0 Å². The smallest absolute Gasteiger partial charge is 0.323 e. The second-order valence-corrected chi connectivity index (χ2v) is 3.97. The molecule has 2 N–H and O–H groups in total. The third kappa shape index (κ3) is 3.79. The maximum atomic E-state index is 11.2. The number of hydrogen-bond donors (Lipinski definition) is 2. The summed E-state index contributed by atoms with van der Waals surface area (Å²) in [4.78, 5) is 15.2. The number of aryl methyl sites for hydroxylation is 1. The van der Waals surface area contributed by atoms with Crippen LogP contribution in [0.5, 0.6) is 0 Å². The van der Waals surface area contributed by atoms with Gasteiger partial charge in [-0.1, -0.05) is 5.16 Å². The normalized spacial score (nSPS) is 14.5. The van der Waals surface area contributed by atoms with Crippen molar-refractivity contribution < 1.29 is 19.2 Å². The Morgan fingerprint density at radius 3 is 2.82 bits per heavy atom. The van der Waals surface area contributed by atoms with E-state index in [-0.39, 0.29) is 6.54 Å². The molecule has 0 saturated heterocycles. The van der Waals surface area contributed by atoms with Gasteiger partial charge in [0, 0.05) is 13.7 Å². The molecule has 1 unspecified atom stereocenters. The largest absolute Gasteiger partial charge is 0.480 e. The number of nitrogens with zero attached hydrogens (tertiary/aromatic N) is 2. The van der Waals surface area contributed by atoms with E-state index in [2.05, 4.69) is 15.5 Å². The fraction of sp³-hybridized carbons (Fsp3) is 0.700. The zero-order chi connectivity index (χ0) is 12.9. The van der Waals surface area contributed by atoms with E-state index in [4.69, 9.17) is 14.4 Å². The fourth-order valence-corrected chi connectivity index (χ4v) is 1.26. The number of rotatable bonds is 7. The molecule has 7 nitrogen and oxygen atoms in total. The lowest BCUT2D eigenvalue weighted by Gasteiger charge is -2.25. The minimum Gasteiger partial charge on any atom is -0.480 e. The van der Waals surface area contributed by atoms with Crippen molar-refractivity contribution in [1.82, 2.24) is 15.5 Å². The Kier molecular flexibility index (Phi) is 4.59. The molecule has 0 fully saturated rings. The summed E-state index contributed by atoms with van der Waals surface area (Å²) in [6, 6.07) is 0. The van der Waals surface area contributed by atoms with Crippen molar-refractivity contribution in [3.63, 3.8) is 0 Å². The van der Waals surface area contributed by atoms with E-state index in [9.17, 15) is 4.79 Å². The molecule has 1 aromatic rings. The second kappa shape index (κ2) is 5.74. The number of nitrogens with one attached hydrogen (secondary N) is 1. The molecule has 0 radical (unpaired) electrons. The van der Waals surface area contributed by atoms with Crippen LogP contribution in [0.1, 0.15) is 25.1 Å². The molecule has 1 heterocycles. The predicted molar refractivity (Wildman–Crippen MR) is 58.4 cm³/mol. The van der Waals surface area contributed by atoms with Crippen LogP contribution in [-0.2, 0) is 16.1 Å². The van der Waals surface area contributed by atoms with E-state index in [1.807, 2.05) is 0 Å². The molecule has 0 spiro atoms. The molecule has 0 aromatic carbocycles. The maximum absolute atomic E-state index is 11.2. The quantitative estimate of drug-likeness (QED) is 0.712. The van der Waals surface area contributed by atoms with Crippen LogP contribution in [0.2, 0.25) is 0 Å². The van der Waals surface area contributed by atoms with Gasteiger partial charge in [0.25, 0.3) is 0 Å². The van der Waals surface area contributed by atoms with Gasteiger partial charge in [-0.3, -0.25) is 10.1 Å². The van der Waals surface area contributed by atoms with Crippen molar-refractivity contribution in [1.29, 1.82) is 0 Å². The lowest BCUT2D eigenvalue weighted by atomic mass is 9.98. The highest BCUT2D eigenvalue weighted by atomic mass is 16.5. The van der Waals surface area contributed by atoms with Crippen molar-refractivity contribution in [2.45, 2.75) is 32.4 Å². The molecule has 0 aliphatic heterocycles. The van der Waals surface area contributed by atoms with Crippen LogP contribution < -0.4 is 5.32 Å². The Bertz CT molecular complexity index is 379. The lowest BCUT2D eigenvalue weighted by Crippen LogP contribution is -2.49. The third-order valence-corrected chi connectivity index (χ3v) is 2.48. The standard InChI is InChI=1S/C10H17N3O4/c1-7-12-8(17-13-7)6-11-10(2,9(14)15)4-5-16-3/h11H,4-6H2,1-3H3,(H,14,15). The fourth-order valence-electron chi connectivity index (χ4n) is 1.26. The van der Waals surface area contributed by atoms with Gasteiger partial charge in [0.1, 0.15) is 5.54 Å². The first-order chi connectivity index (χ1) is 7.98. The number of carboxylic acid groups (broad SMARTS) is 1. The van der Waals surface area contributed by atoms with Crippen LogP contribution in [0, 0.1) is 6.92 Å². The van der Waals surface area contributed by atoms with Crippen molar-refractivity contribution >= 4 is 5.97 Å². The average molecular weight is 243 g/mol. The Morgan fingerprint density at radius 2 is 2.35 bits per heavy atom. The number of hydrogen-bond acceptors (Lipinski definition) is 6. The minimum absolute atomic E-state index is 0.216. The zero-order valence-electron chi connectivity index (χ0n) is 10.2. The van der Waals surface area contributed by atoms with Crippen LogP contribution in [0.15, 0.2) is 4.52 Å². The van der Waals surface area contributed by atoms with Gasteiger partial charge >= 0.3 is 5.97 Å². The van der Waals surface area contributed by atoms with Crippen molar-refractivity contribution in [3.05, 3.63) is 11.7 Å². The van der Waals surface area contributed by atoms with Crippen molar-refractivity contribution in [2.24, 2.45) is 0 Å². The highest BCUT2D eigenvalue weighted by molar-refractivity contribution is 5.78. The first-order valence-corrected chi connectivity index (χ1v) is 5.24. The SMILES string of the molecule is COCCC(C)(NCc1nc(C)no1)C(=O)O. The van der Waals surface area contributed by atoms with Crippen LogP contribution in [0.3, 0.4) is 0 Å². The van der Waals surface area contributed by atoms with E-state index < -0.39 is 11.5 Å². The Labute approximate surface area is 99.2 Å². The van der Waals surface area contributed by atoms with E-state index in [0.717, 1.165) is 0 Å². The van der Waals surface area contributed by atoms with E-state index in [0.29, 0.717) is 24.7 Å². The van der Waals surface area contributed by atoms with Gasteiger partial charge in [-0.05, 0) is 20.3 Å². The molecule has 7 heteroatoms. The molecule has 17 heavy (non-hydrogen) atoms. The molecule has 0 saturated carbocycles. The van der Waals surface area contributed by atoms with Gasteiger partial charge in [0.2, 0.25) is 5.89 Å². The number of carbonyl (C=O) groups is 1. The third-order valence-electron chi connectivity index (χ3n) is 2.48. The van der Waals surface area contributed by atoms with Gasteiger partial charge in [-0.25, -0.2) is 0 Å². The summed E-state index contributed by atoms with van der Waals surface area (Å²) in [6.45, 7) is 3.87. The summed E-state index contributed by atoms with van der Waals surface area (Å²) in [5.74, 6) is -0.0473. The molecule has 0 aliphatic rings. The molecule has 1 aromatic heterocycles. The van der Waals surface area contributed by atoms with Gasteiger partial charge in [0.05, 0.1) is 6.54 Å². The maximum Gasteiger partial charge on any atom is 0.323 e. The molecule has 0 amide bonds. The van der Waals surface area contributed by atoms with Gasteiger partial charge in [0.15, 0.2) is 5.82 Å². The van der Waals surface area contributed by atoms with Gasteiger partial charge in [-0.2, -0.15) is 4.98 Å². The summed E-state index contributed by atoms with van der Waals surface area (Å²) in [5, 5.41) is 15.7. The Balaban J connectivity index is 2.58. The summed E-state index contributed by atoms with van der Waals surface area (Å²) < 4.78 is 9.79. The van der Waals surface area contributed by atoms with Gasteiger partial charge in [-0.15, -0.1) is 0 Å². The summed E-state index contributed by atoms with van der Waals surface area (Å²) in [5.41, 5.74) is -1.07. The highest BCUT2D eigenvalue weighted by Crippen LogP contribution is 2.11. The van der Waals surface area contributed by atoms with E-state index in [1.54, 1.807) is 13.8 Å². The monoisotopic (exact) mass is 243 g/mol. The summed E-state index contributed by atoms with van der Waals surface area (Å²) in [6.07, 6.45) is 0.353. The topological polar surface area (TPSA) is 97.5 Å². The molecule has 0 bridgehead atoms. The number of aliphatic carboxylic acids is 1. The Hall–Kier alpha value is -1.47. The highest BCUT2D eigenvalue weighted by Gasteiger charge is 2.32. The van der Waals surface area contributed by atoms with Crippen LogP contribution in [0.25, 0.3) is 0 Å². The van der Waals surface area contributed by atoms with Crippen LogP contribution >= 0.6 is 0 Å². The summed E-state index contributed by atoms with van der Waals surface area (Å²) in [7, 11) is 1.53. The molecule has 96 valence electrons. The molecule has 1 atom stereocenters. The number of aromatic nitrogens is 2. The average Bonchev–Trinajstić information content (AvgIpc) is 2.69. The van der Waals surface area contributed by atoms with E-state index in [1.165, 1.54) is 7.11 Å². The zero-order valence-corrected chi connectivity index (χ0v) is 10.2. The lowest BCUT2D eigenvalue weighted by molar-refractivity contribution is -0.145. The first kappa shape index (κ1) is 13.6. The van der Waals surface area contributed by atoms with E-state index >= 15 is 0 Å². The molecule has 0 aliphatic carbocycles. The number of carboxylic acids is 1.